The van der Waals surface area contributed by atoms with Crippen molar-refractivity contribution in [3.8, 4) is 0 Å². The van der Waals surface area contributed by atoms with Gasteiger partial charge in [0.15, 0.2) is 0 Å². The van der Waals surface area contributed by atoms with E-state index in [2.05, 4.69) is 11.7 Å². The van der Waals surface area contributed by atoms with E-state index >= 15 is 0 Å². The molecule has 2 aromatic carbocycles. The Kier molecular flexibility index (Phi) is 4.99. The Morgan fingerprint density at radius 1 is 1.05 bits per heavy atom. The molecule has 0 spiro atoms. The van der Waals surface area contributed by atoms with Crippen molar-refractivity contribution in [1.29, 1.82) is 0 Å². The molecule has 0 bridgehead atoms. The summed E-state index contributed by atoms with van der Waals surface area (Å²) in [4.78, 5) is 5.04. The first-order chi connectivity index (χ1) is 10.5. The standard InChI is InChI=1S/C17H14F3NO/c1-2-13-7-9-14(10-8-13)12-22-21-11-15-5-3-4-6-16(15)17(18,19)20/h2-11H,1,12H2. The van der Waals surface area contributed by atoms with Gasteiger partial charge in [-0.25, -0.2) is 0 Å². The first-order valence-corrected chi connectivity index (χ1v) is 6.53. The zero-order valence-electron chi connectivity index (χ0n) is 11.7. The maximum absolute atomic E-state index is 12.8. The van der Waals surface area contributed by atoms with Gasteiger partial charge in [0.1, 0.15) is 6.61 Å². The van der Waals surface area contributed by atoms with Crippen molar-refractivity contribution in [2.75, 3.05) is 0 Å². The Balaban J connectivity index is 1.99. The smallest absolute Gasteiger partial charge is 0.391 e. The molecule has 22 heavy (non-hydrogen) atoms. The summed E-state index contributed by atoms with van der Waals surface area (Å²) in [5, 5.41) is 3.61. The molecule has 114 valence electrons. The molecule has 0 unspecified atom stereocenters. The summed E-state index contributed by atoms with van der Waals surface area (Å²) in [5.74, 6) is 0. The van der Waals surface area contributed by atoms with E-state index in [-0.39, 0.29) is 12.2 Å². The van der Waals surface area contributed by atoms with Gasteiger partial charge in [0.05, 0.1) is 11.8 Å². The van der Waals surface area contributed by atoms with Gasteiger partial charge in [0, 0.05) is 5.56 Å². The Bertz CT molecular complexity index is 660. The highest BCUT2D eigenvalue weighted by Crippen LogP contribution is 2.31. The molecule has 2 aromatic rings. The minimum absolute atomic E-state index is 0.0306. The van der Waals surface area contributed by atoms with E-state index in [0.717, 1.165) is 23.4 Å². The molecule has 0 aliphatic heterocycles. The first kappa shape index (κ1) is 15.8. The Labute approximate surface area is 126 Å². The highest BCUT2D eigenvalue weighted by molar-refractivity contribution is 5.81. The van der Waals surface area contributed by atoms with Crippen LogP contribution in [0.2, 0.25) is 0 Å². The van der Waals surface area contributed by atoms with E-state index < -0.39 is 11.7 Å². The molecule has 0 aliphatic rings. The summed E-state index contributed by atoms with van der Waals surface area (Å²) in [6.07, 6.45) is -1.62. The van der Waals surface area contributed by atoms with Gasteiger partial charge in [-0.3, -0.25) is 0 Å². The Hall–Kier alpha value is -2.56. The number of alkyl halides is 3. The number of halogens is 3. The van der Waals surface area contributed by atoms with Gasteiger partial charge < -0.3 is 4.84 Å². The predicted molar refractivity (Wildman–Crippen MR) is 80.4 cm³/mol. The molecular weight excluding hydrogens is 291 g/mol. The molecule has 0 aliphatic carbocycles. The Morgan fingerprint density at radius 2 is 1.73 bits per heavy atom. The van der Waals surface area contributed by atoms with Crippen molar-refractivity contribution in [2.45, 2.75) is 12.8 Å². The van der Waals surface area contributed by atoms with Gasteiger partial charge in [0.25, 0.3) is 0 Å². The summed E-state index contributed by atoms with van der Waals surface area (Å²) in [7, 11) is 0. The zero-order valence-corrected chi connectivity index (χ0v) is 11.7. The quantitative estimate of drug-likeness (QED) is 0.569. The summed E-state index contributed by atoms with van der Waals surface area (Å²) >= 11 is 0. The fraction of sp³-hybridized carbons (Fsp3) is 0.118. The molecule has 0 aromatic heterocycles. The van der Waals surface area contributed by atoms with E-state index in [4.69, 9.17) is 4.84 Å². The summed E-state index contributed by atoms with van der Waals surface area (Å²) < 4.78 is 38.4. The van der Waals surface area contributed by atoms with Crippen molar-refractivity contribution in [2.24, 2.45) is 5.16 Å². The molecule has 0 saturated heterocycles. The lowest BCUT2D eigenvalue weighted by Gasteiger charge is -2.09. The number of hydrogen-bond donors (Lipinski definition) is 0. The number of oxime groups is 1. The van der Waals surface area contributed by atoms with Crippen LogP contribution in [-0.2, 0) is 17.6 Å². The molecule has 0 amide bonds. The minimum Gasteiger partial charge on any atom is -0.391 e. The third kappa shape index (κ3) is 4.22. The number of hydrogen-bond acceptors (Lipinski definition) is 2. The monoisotopic (exact) mass is 305 g/mol. The Morgan fingerprint density at radius 3 is 2.36 bits per heavy atom. The molecular formula is C17H14F3NO. The number of nitrogens with zero attached hydrogens (tertiary/aromatic N) is 1. The third-order valence-corrected chi connectivity index (χ3v) is 2.98. The molecule has 0 heterocycles. The zero-order chi connectivity index (χ0) is 16.0. The van der Waals surface area contributed by atoms with E-state index in [1.165, 1.54) is 18.2 Å². The van der Waals surface area contributed by atoms with Crippen molar-refractivity contribution in [1.82, 2.24) is 0 Å². The molecule has 5 heteroatoms. The van der Waals surface area contributed by atoms with Gasteiger partial charge >= 0.3 is 6.18 Å². The normalized spacial score (nSPS) is 11.6. The molecule has 0 saturated carbocycles. The minimum atomic E-state index is -4.41. The van der Waals surface area contributed by atoms with Crippen molar-refractivity contribution in [3.05, 3.63) is 77.4 Å². The summed E-state index contributed by atoms with van der Waals surface area (Å²) in [5.41, 5.74) is 1.08. The molecule has 0 fully saturated rings. The second-order valence-electron chi connectivity index (χ2n) is 4.54. The van der Waals surface area contributed by atoms with Crippen LogP contribution in [-0.4, -0.2) is 6.21 Å². The predicted octanol–water partition coefficient (Wildman–Crippen LogP) is 4.90. The highest BCUT2D eigenvalue weighted by atomic mass is 19.4. The van der Waals surface area contributed by atoms with Crippen LogP contribution in [0.25, 0.3) is 6.08 Å². The van der Waals surface area contributed by atoms with Crippen LogP contribution in [0.15, 0.2) is 60.3 Å². The van der Waals surface area contributed by atoms with E-state index in [1.54, 1.807) is 6.08 Å². The maximum Gasteiger partial charge on any atom is 0.417 e. The van der Waals surface area contributed by atoms with Crippen LogP contribution < -0.4 is 0 Å². The van der Waals surface area contributed by atoms with Crippen LogP contribution in [0.4, 0.5) is 13.2 Å². The lowest BCUT2D eigenvalue weighted by Crippen LogP contribution is -2.08. The van der Waals surface area contributed by atoms with Gasteiger partial charge in [-0.2, -0.15) is 13.2 Å². The van der Waals surface area contributed by atoms with Crippen molar-refractivity contribution >= 4 is 12.3 Å². The number of rotatable bonds is 5. The average Bonchev–Trinajstić information content (AvgIpc) is 2.51. The fourth-order valence-electron chi connectivity index (χ4n) is 1.82. The van der Waals surface area contributed by atoms with Gasteiger partial charge in [-0.05, 0) is 17.2 Å². The average molecular weight is 305 g/mol. The topological polar surface area (TPSA) is 21.6 Å². The van der Waals surface area contributed by atoms with E-state index in [1.807, 2.05) is 24.3 Å². The summed E-state index contributed by atoms with van der Waals surface area (Å²) in [6.45, 7) is 3.83. The first-order valence-electron chi connectivity index (χ1n) is 6.53. The van der Waals surface area contributed by atoms with Crippen molar-refractivity contribution < 1.29 is 18.0 Å². The summed E-state index contributed by atoms with van der Waals surface area (Å²) in [6, 6.07) is 12.6. The lowest BCUT2D eigenvalue weighted by atomic mass is 10.1. The third-order valence-electron chi connectivity index (χ3n) is 2.98. The SMILES string of the molecule is C=Cc1ccc(CON=Cc2ccccc2C(F)(F)F)cc1. The van der Waals surface area contributed by atoms with Crippen LogP contribution in [0, 0.1) is 0 Å². The van der Waals surface area contributed by atoms with Crippen LogP contribution in [0.1, 0.15) is 22.3 Å². The van der Waals surface area contributed by atoms with E-state index in [0.29, 0.717) is 0 Å². The van der Waals surface area contributed by atoms with Gasteiger partial charge in [-0.1, -0.05) is 60.3 Å². The van der Waals surface area contributed by atoms with Crippen LogP contribution >= 0.6 is 0 Å². The fourth-order valence-corrected chi connectivity index (χ4v) is 1.82. The molecule has 0 radical (unpaired) electrons. The van der Waals surface area contributed by atoms with Crippen molar-refractivity contribution in [3.63, 3.8) is 0 Å². The number of benzene rings is 2. The van der Waals surface area contributed by atoms with Gasteiger partial charge in [0.2, 0.25) is 0 Å². The second-order valence-corrected chi connectivity index (χ2v) is 4.54. The van der Waals surface area contributed by atoms with Gasteiger partial charge in [-0.15, -0.1) is 0 Å². The molecule has 2 nitrogen and oxygen atoms in total. The largest absolute Gasteiger partial charge is 0.417 e. The highest BCUT2D eigenvalue weighted by Gasteiger charge is 2.32. The van der Waals surface area contributed by atoms with E-state index in [9.17, 15) is 13.2 Å². The lowest BCUT2D eigenvalue weighted by molar-refractivity contribution is -0.137. The van der Waals surface area contributed by atoms with Crippen LogP contribution in [0.5, 0.6) is 0 Å². The maximum atomic E-state index is 12.8. The second kappa shape index (κ2) is 6.93. The molecule has 2 rings (SSSR count). The molecule has 0 atom stereocenters. The van der Waals surface area contributed by atoms with Crippen LogP contribution in [0.3, 0.4) is 0 Å². The molecule has 0 N–H and O–H groups in total.